The molecule has 2 aromatic rings. The second-order valence-corrected chi connectivity index (χ2v) is 4.82. The Morgan fingerprint density at radius 3 is 2.71 bits per heavy atom. The Morgan fingerprint density at radius 2 is 2.00 bits per heavy atom. The number of hydrogen-bond acceptors (Lipinski definition) is 2. The van der Waals surface area contributed by atoms with Gasteiger partial charge in [-0.05, 0) is 43.5 Å². The maximum absolute atomic E-state index is 6.13. The third kappa shape index (κ3) is 2.50. The van der Waals surface area contributed by atoms with Gasteiger partial charge >= 0.3 is 0 Å². The number of rotatable bonds is 4. The van der Waals surface area contributed by atoms with E-state index in [1.165, 1.54) is 17.5 Å². The highest BCUT2D eigenvalue weighted by Crippen LogP contribution is 2.21. The first-order chi connectivity index (χ1) is 8.11. The van der Waals surface area contributed by atoms with Gasteiger partial charge in [0.1, 0.15) is 5.82 Å². The van der Waals surface area contributed by atoms with Gasteiger partial charge in [0.15, 0.2) is 0 Å². The van der Waals surface area contributed by atoms with Gasteiger partial charge in [0, 0.05) is 0 Å². The lowest BCUT2D eigenvalue weighted by molar-refractivity contribution is 0.581. The van der Waals surface area contributed by atoms with Crippen molar-refractivity contribution in [2.24, 2.45) is 5.73 Å². The van der Waals surface area contributed by atoms with Crippen molar-refractivity contribution in [1.29, 1.82) is 0 Å². The van der Waals surface area contributed by atoms with E-state index in [9.17, 15) is 0 Å². The van der Waals surface area contributed by atoms with Crippen LogP contribution in [0.25, 0.3) is 11.0 Å². The molecule has 1 aromatic carbocycles. The van der Waals surface area contributed by atoms with Crippen molar-refractivity contribution in [3.63, 3.8) is 0 Å². The Morgan fingerprint density at radius 1 is 1.29 bits per heavy atom. The summed E-state index contributed by atoms with van der Waals surface area (Å²) in [4.78, 5) is 7.92. The van der Waals surface area contributed by atoms with E-state index in [0.29, 0.717) is 0 Å². The number of benzene rings is 1. The molecule has 92 valence electrons. The summed E-state index contributed by atoms with van der Waals surface area (Å²) in [6.45, 7) is 6.41. The zero-order chi connectivity index (χ0) is 12.4. The monoisotopic (exact) mass is 231 g/mol. The van der Waals surface area contributed by atoms with Gasteiger partial charge in [-0.1, -0.05) is 19.8 Å². The molecule has 0 spiro atoms. The fourth-order valence-electron chi connectivity index (χ4n) is 2.03. The number of aromatic amines is 1. The molecule has 0 bridgehead atoms. The minimum Gasteiger partial charge on any atom is -0.341 e. The molecule has 0 amide bonds. The number of unbranched alkanes of at least 4 members (excludes halogenated alkanes) is 1. The highest BCUT2D eigenvalue weighted by atomic mass is 15.0. The van der Waals surface area contributed by atoms with Gasteiger partial charge in [0.25, 0.3) is 0 Å². The largest absolute Gasteiger partial charge is 0.341 e. The molecular weight excluding hydrogens is 210 g/mol. The standard InChI is InChI=1S/C14H21N3/c1-4-5-6-11(15)14-16-12-7-9(2)10(3)8-13(12)17-14/h7-8,11H,4-6,15H2,1-3H3,(H,16,17). The molecule has 0 aliphatic heterocycles. The number of nitrogens with two attached hydrogens (primary N) is 1. The third-order valence-electron chi connectivity index (χ3n) is 3.34. The van der Waals surface area contributed by atoms with Crippen LogP contribution in [0, 0.1) is 13.8 Å². The van der Waals surface area contributed by atoms with Crippen molar-refractivity contribution in [3.05, 3.63) is 29.1 Å². The SMILES string of the molecule is CCCCC(N)c1nc2cc(C)c(C)cc2[nH]1. The summed E-state index contributed by atoms with van der Waals surface area (Å²) in [7, 11) is 0. The van der Waals surface area contributed by atoms with Crippen LogP contribution in [-0.2, 0) is 0 Å². The average molecular weight is 231 g/mol. The maximum Gasteiger partial charge on any atom is 0.124 e. The Kier molecular flexibility index (Phi) is 3.48. The molecule has 0 aliphatic rings. The zero-order valence-electron chi connectivity index (χ0n) is 10.9. The summed E-state index contributed by atoms with van der Waals surface area (Å²) in [6.07, 6.45) is 3.32. The number of nitrogens with one attached hydrogen (secondary N) is 1. The molecule has 1 aromatic heterocycles. The molecule has 0 saturated carbocycles. The molecule has 1 heterocycles. The van der Waals surface area contributed by atoms with Gasteiger partial charge in [0.05, 0.1) is 17.1 Å². The van der Waals surface area contributed by atoms with Crippen LogP contribution in [0.4, 0.5) is 0 Å². The van der Waals surface area contributed by atoms with Crippen molar-refractivity contribution in [1.82, 2.24) is 9.97 Å². The zero-order valence-corrected chi connectivity index (χ0v) is 10.9. The van der Waals surface area contributed by atoms with Gasteiger partial charge in [-0.25, -0.2) is 4.98 Å². The lowest BCUT2D eigenvalue weighted by Crippen LogP contribution is -2.11. The summed E-state index contributed by atoms with van der Waals surface area (Å²) >= 11 is 0. The summed E-state index contributed by atoms with van der Waals surface area (Å²) < 4.78 is 0. The highest BCUT2D eigenvalue weighted by molar-refractivity contribution is 5.77. The Hall–Kier alpha value is -1.35. The predicted octanol–water partition coefficient (Wildman–Crippen LogP) is 3.37. The molecule has 17 heavy (non-hydrogen) atoms. The van der Waals surface area contributed by atoms with Crippen molar-refractivity contribution in [3.8, 4) is 0 Å². The second-order valence-electron chi connectivity index (χ2n) is 4.82. The van der Waals surface area contributed by atoms with Crippen LogP contribution in [0.15, 0.2) is 12.1 Å². The number of aromatic nitrogens is 2. The molecule has 1 unspecified atom stereocenters. The minimum absolute atomic E-state index is 0.0305. The molecule has 3 N–H and O–H groups in total. The van der Waals surface area contributed by atoms with Crippen molar-refractivity contribution < 1.29 is 0 Å². The topological polar surface area (TPSA) is 54.7 Å². The van der Waals surface area contributed by atoms with Crippen LogP contribution < -0.4 is 5.73 Å². The quantitative estimate of drug-likeness (QED) is 0.847. The predicted molar refractivity (Wildman–Crippen MR) is 72.0 cm³/mol. The highest BCUT2D eigenvalue weighted by Gasteiger charge is 2.11. The normalized spacial score (nSPS) is 13.2. The summed E-state index contributed by atoms with van der Waals surface area (Å²) in [5, 5.41) is 0. The first-order valence-corrected chi connectivity index (χ1v) is 6.34. The molecule has 1 atom stereocenters. The number of aryl methyl sites for hydroxylation is 2. The fraction of sp³-hybridized carbons (Fsp3) is 0.500. The summed E-state index contributed by atoms with van der Waals surface area (Å²) in [6, 6.07) is 4.30. The van der Waals surface area contributed by atoms with Crippen LogP contribution in [0.2, 0.25) is 0 Å². The van der Waals surface area contributed by atoms with Crippen LogP contribution in [0.1, 0.15) is 49.2 Å². The van der Waals surface area contributed by atoms with Gasteiger partial charge < -0.3 is 10.7 Å². The average Bonchev–Trinajstić information content (AvgIpc) is 2.69. The molecular formula is C14H21N3. The van der Waals surface area contributed by atoms with E-state index in [4.69, 9.17) is 5.73 Å². The lowest BCUT2D eigenvalue weighted by Gasteiger charge is -2.06. The van der Waals surface area contributed by atoms with E-state index >= 15 is 0 Å². The number of H-pyrrole nitrogens is 1. The van der Waals surface area contributed by atoms with Crippen LogP contribution in [0.5, 0.6) is 0 Å². The molecule has 0 radical (unpaired) electrons. The van der Waals surface area contributed by atoms with E-state index in [1.54, 1.807) is 0 Å². The Balaban J connectivity index is 2.31. The first kappa shape index (κ1) is 12.1. The Bertz CT molecular complexity index is 474. The van der Waals surface area contributed by atoms with E-state index in [2.05, 4.69) is 42.9 Å². The molecule has 3 nitrogen and oxygen atoms in total. The van der Waals surface area contributed by atoms with Gasteiger partial charge in [0.2, 0.25) is 0 Å². The summed E-state index contributed by atoms with van der Waals surface area (Å²) in [5.74, 6) is 0.915. The second kappa shape index (κ2) is 4.88. The first-order valence-electron chi connectivity index (χ1n) is 6.34. The fourth-order valence-corrected chi connectivity index (χ4v) is 2.03. The molecule has 0 saturated heterocycles. The summed E-state index contributed by atoms with van der Waals surface area (Å²) in [5.41, 5.74) is 10.8. The maximum atomic E-state index is 6.13. The van der Waals surface area contributed by atoms with E-state index in [1.807, 2.05) is 0 Å². The van der Waals surface area contributed by atoms with E-state index in [-0.39, 0.29) is 6.04 Å². The van der Waals surface area contributed by atoms with E-state index in [0.717, 1.165) is 29.7 Å². The van der Waals surface area contributed by atoms with Gasteiger partial charge in [-0.3, -0.25) is 0 Å². The number of imidazole rings is 1. The van der Waals surface area contributed by atoms with Crippen LogP contribution >= 0.6 is 0 Å². The smallest absolute Gasteiger partial charge is 0.124 e. The molecule has 0 aliphatic carbocycles. The lowest BCUT2D eigenvalue weighted by atomic mass is 10.1. The van der Waals surface area contributed by atoms with Gasteiger partial charge in [-0.2, -0.15) is 0 Å². The number of nitrogens with zero attached hydrogens (tertiary/aromatic N) is 1. The van der Waals surface area contributed by atoms with E-state index < -0.39 is 0 Å². The van der Waals surface area contributed by atoms with Crippen molar-refractivity contribution >= 4 is 11.0 Å². The van der Waals surface area contributed by atoms with Crippen molar-refractivity contribution in [2.75, 3.05) is 0 Å². The van der Waals surface area contributed by atoms with Crippen molar-refractivity contribution in [2.45, 2.75) is 46.1 Å². The van der Waals surface area contributed by atoms with Gasteiger partial charge in [-0.15, -0.1) is 0 Å². The molecule has 3 heteroatoms. The van der Waals surface area contributed by atoms with Crippen LogP contribution in [0.3, 0.4) is 0 Å². The Labute approximate surface area is 102 Å². The third-order valence-corrected chi connectivity index (χ3v) is 3.34. The minimum atomic E-state index is 0.0305. The number of hydrogen-bond donors (Lipinski definition) is 2. The van der Waals surface area contributed by atoms with Crippen LogP contribution in [-0.4, -0.2) is 9.97 Å². The molecule has 0 fully saturated rings. The number of fused-ring (bicyclic) bond motifs is 1. The molecule has 2 rings (SSSR count).